The second kappa shape index (κ2) is 6.96. The number of H-pyrrole nitrogens is 1. The summed E-state index contributed by atoms with van der Waals surface area (Å²) in [6, 6.07) is 0. The van der Waals surface area contributed by atoms with Gasteiger partial charge in [-0.3, -0.25) is 9.89 Å². The summed E-state index contributed by atoms with van der Waals surface area (Å²) in [5.41, 5.74) is 0. The number of halogens is 1. The fourth-order valence-corrected chi connectivity index (χ4v) is 1.57. The van der Waals surface area contributed by atoms with Crippen LogP contribution in [0.25, 0.3) is 0 Å². The van der Waals surface area contributed by atoms with Crippen molar-refractivity contribution < 1.29 is 14.1 Å². The highest BCUT2D eigenvalue weighted by molar-refractivity contribution is 6.28. The van der Waals surface area contributed by atoms with Crippen LogP contribution in [0.4, 0.5) is 0 Å². The Morgan fingerprint density at radius 2 is 2.35 bits per heavy atom. The molecule has 0 aliphatic rings. The molecule has 0 saturated heterocycles. The molecule has 0 aliphatic carbocycles. The third-order valence-corrected chi connectivity index (χ3v) is 2.48. The van der Waals surface area contributed by atoms with Crippen LogP contribution in [0.15, 0.2) is 4.52 Å². The van der Waals surface area contributed by atoms with Gasteiger partial charge < -0.3 is 14.6 Å². The fourth-order valence-electron chi connectivity index (χ4n) is 1.43. The highest BCUT2D eigenvalue weighted by Crippen LogP contribution is 2.02. The predicted octanol–water partition coefficient (Wildman–Crippen LogP) is 0.236. The number of carbonyl (C=O) groups is 1. The van der Waals surface area contributed by atoms with Gasteiger partial charge in [0, 0.05) is 20.0 Å². The van der Waals surface area contributed by atoms with Crippen LogP contribution in [0.2, 0.25) is 5.28 Å². The number of aromatic nitrogens is 5. The Morgan fingerprint density at radius 3 is 3.05 bits per heavy atom. The van der Waals surface area contributed by atoms with Crippen LogP contribution in [0, 0.1) is 0 Å². The first kappa shape index (κ1) is 14.4. The number of amides is 1. The molecule has 0 unspecified atom stereocenters. The summed E-state index contributed by atoms with van der Waals surface area (Å²) >= 11 is 5.55. The predicted molar refractivity (Wildman–Crippen MR) is 66.6 cm³/mol. The monoisotopic (exact) mass is 300 g/mol. The SMILES string of the molecule is COCc1noc(CNC(=O)CCc2nc(Cl)n[nH]2)n1. The van der Waals surface area contributed by atoms with Crippen molar-refractivity contribution >= 4 is 17.5 Å². The normalized spacial score (nSPS) is 10.7. The van der Waals surface area contributed by atoms with Gasteiger partial charge in [0.2, 0.25) is 17.1 Å². The maximum atomic E-state index is 11.6. The molecule has 1 amide bonds. The lowest BCUT2D eigenvalue weighted by atomic mass is 10.3. The average Bonchev–Trinajstić information content (AvgIpc) is 3.04. The van der Waals surface area contributed by atoms with Crippen molar-refractivity contribution in [3.8, 4) is 0 Å². The molecule has 9 nitrogen and oxygen atoms in total. The van der Waals surface area contributed by atoms with Crippen LogP contribution in [-0.2, 0) is 29.1 Å². The van der Waals surface area contributed by atoms with E-state index in [9.17, 15) is 4.79 Å². The first-order chi connectivity index (χ1) is 9.67. The molecule has 2 heterocycles. The third-order valence-electron chi connectivity index (χ3n) is 2.31. The molecule has 10 heteroatoms. The maximum absolute atomic E-state index is 11.6. The molecule has 20 heavy (non-hydrogen) atoms. The summed E-state index contributed by atoms with van der Waals surface area (Å²) < 4.78 is 9.79. The van der Waals surface area contributed by atoms with Crippen LogP contribution in [0.5, 0.6) is 0 Å². The molecule has 2 rings (SSSR count). The van der Waals surface area contributed by atoms with E-state index in [1.54, 1.807) is 0 Å². The standard InChI is InChI=1S/C10H13ClN6O3/c1-19-5-7-13-9(20-17-7)4-12-8(18)3-2-6-14-10(11)16-15-6/h2-5H2,1H3,(H,12,18)(H,14,15,16). The van der Waals surface area contributed by atoms with Gasteiger partial charge in [0.05, 0.1) is 6.54 Å². The van der Waals surface area contributed by atoms with Gasteiger partial charge >= 0.3 is 0 Å². The number of carbonyl (C=O) groups excluding carboxylic acids is 1. The first-order valence-electron chi connectivity index (χ1n) is 5.81. The number of hydrogen-bond acceptors (Lipinski definition) is 7. The highest BCUT2D eigenvalue weighted by atomic mass is 35.5. The van der Waals surface area contributed by atoms with E-state index in [1.165, 1.54) is 7.11 Å². The molecule has 108 valence electrons. The molecule has 0 atom stereocenters. The van der Waals surface area contributed by atoms with Crippen molar-refractivity contribution in [1.29, 1.82) is 0 Å². The van der Waals surface area contributed by atoms with E-state index in [-0.39, 0.29) is 30.8 Å². The van der Waals surface area contributed by atoms with Crippen molar-refractivity contribution in [2.45, 2.75) is 26.0 Å². The van der Waals surface area contributed by atoms with E-state index >= 15 is 0 Å². The Morgan fingerprint density at radius 1 is 1.50 bits per heavy atom. The van der Waals surface area contributed by atoms with Gasteiger partial charge in [-0.25, -0.2) is 4.98 Å². The smallest absolute Gasteiger partial charge is 0.246 e. The van der Waals surface area contributed by atoms with Crippen molar-refractivity contribution in [3.63, 3.8) is 0 Å². The van der Waals surface area contributed by atoms with Crippen LogP contribution in [-0.4, -0.2) is 38.3 Å². The zero-order chi connectivity index (χ0) is 14.4. The molecular formula is C10H13ClN6O3. The Kier molecular flexibility index (Phi) is 5.02. The number of nitrogens with zero attached hydrogens (tertiary/aromatic N) is 4. The maximum Gasteiger partial charge on any atom is 0.246 e. The van der Waals surface area contributed by atoms with Gasteiger partial charge in [-0.2, -0.15) is 4.98 Å². The summed E-state index contributed by atoms with van der Waals surface area (Å²) in [5.74, 6) is 1.16. The zero-order valence-corrected chi connectivity index (χ0v) is 11.5. The number of rotatable bonds is 7. The Labute approximate surface area is 119 Å². The molecule has 0 bridgehead atoms. The quantitative estimate of drug-likeness (QED) is 0.751. The summed E-state index contributed by atoms with van der Waals surface area (Å²) in [7, 11) is 1.54. The fraction of sp³-hybridized carbons (Fsp3) is 0.500. The summed E-state index contributed by atoms with van der Waals surface area (Å²) in [5, 5.41) is 12.8. The summed E-state index contributed by atoms with van der Waals surface area (Å²) in [6.07, 6.45) is 0.675. The first-order valence-corrected chi connectivity index (χ1v) is 6.19. The lowest BCUT2D eigenvalue weighted by molar-refractivity contribution is -0.121. The van der Waals surface area contributed by atoms with Crippen molar-refractivity contribution in [1.82, 2.24) is 30.6 Å². The minimum absolute atomic E-state index is 0.136. The number of ether oxygens (including phenoxy) is 1. The summed E-state index contributed by atoms with van der Waals surface area (Å²) in [4.78, 5) is 19.5. The Balaban J connectivity index is 1.71. The van der Waals surface area contributed by atoms with E-state index in [4.69, 9.17) is 20.9 Å². The second-order valence-electron chi connectivity index (χ2n) is 3.87. The number of methoxy groups -OCH3 is 1. The van der Waals surface area contributed by atoms with Gasteiger partial charge in [0.15, 0.2) is 5.82 Å². The molecule has 0 aliphatic heterocycles. The number of nitrogens with one attached hydrogen (secondary N) is 2. The zero-order valence-electron chi connectivity index (χ0n) is 10.7. The van der Waals surface area contributed by atoms with Gasteiger partial charge in [0.1, 0.15) is 12.4 Å². The van der Waals surface area contributed by atoms with Gasteiger partial charge in [-0.1, -0.05) is 5.16 Å². The van der Waals surface area contributed by atoms with Crippen molar-refractivity contribution in [3.05, 3.63) is 22.8 Å². The molecule has 2 N–H and O–H groups in total. The van der Waals surface area contributed by atoms with Gasteiger partial charge in [-0.05, 0) is 11.6 Å². The van der Waals surface area contributed by atoms with E-state index in [1.807, 2.05) is 0 Å². The molecule has 0 aromatic carbocycles. The largest absolute Gasteiger partial charge is 0.377 e. The van der Waals surface area contributed by atoms with Crippen LogP contribution in [0.1, 0.15) is 24.0 Å². The minimum atomic E-state index is -0.163. The molecule has 0 radical (unpaired) electrons. The lowest BCUT2D eigenvalue weighted by Gasteiger charge is -2.00. The van der Waals surface area contributed by atoms with Crippen molar-refractivity contribution in [2.75, 3.05) is 7.11 Å². The van der Waals surface area contributed by atoms with E-state index in [0.29, 0.717) is 24.0 Å². The molecule has 0 spiro atoms. The van der Waals surface area contributed by atoms with Crippen molar-refractivity contribution in [2.24, 2.45) is 0 Å². The van der Waals surface area contributed by atoms with E-state index < -0.39 is 0 Å². The molecule has 2 aromatic rings. The molecule has 0 saturated carbocycles. The second-order valence-corrected chi connectivity index (χ2v) is 4.20. The number of aryl methyl sites for hydroxylation is 1. The van der Waals surface area contributed by atoms with Crippen LogP contribution >= 0.6 is 11.6 Å². The van der Waals surface area contributed by atoms with Crippen LogP contribution < -0.4 is 5.32 Å². The van der Waals surface area contributed by atoms with Gasteiger partial charge in [-0.15, -0.1) is 5.10 Å². The topological polar surface area (TPSA) is 119 Å². The lowest BCUT2D eigenvalue weighted by Crippen LogP contribution is -2.23. The summed E-state index contributed by atoms with van der Waals surface area (Å²) in [6.45, 7) is 0.441. The molecule has 0 fully saturated rings. The highest BCUT2D eigenvalue weighted by Gasteiger charge is 2.09. The average molecular weight is 301 g/mol. The van der Waals surface area contributed by atoms with Crippen LogP contribution in [0.3, 0.4) is 0 Å². The Hall–Kier alpha value is -2.00. The molecule has 2 aromatic heterocycles. The third kappa shape index (κ3) is 4.28. The van der Waals surface area contributed by atoms with E-state index in [2.05, 4.69) is 30.6 Å². The van der Waals surface area contributed by atoms with Gasteiger partial charge in [0.25, 0.3) is 0 Å². The minimum Gasteiger partial charge on any atom is -0.377 e. The van der Waals surface area contributed by atoms with E-state index in [0.717, 1.165) is 0 Å². The number of aromatic amines is 1. The molecular weight excluding hydrogens is 288 g/mol. The number of hydrogen-bond donors (Lipinski definition) is 2. The Bertz CT molecular complexity index is 569.